The molecule has 0 unspecified atom stereocenters. The topological polar surface area (TPSA) is 48.5 Å². The van der Waals surface area contributed by atoms with Crippen LogP contribution in [0.3, 0.4) is 0 Å². The third-order valence-corrected chi connectivity index (χ3v) is 2.91. The van der Waals surface area contributed by atoms with Crippen molar-refractivity contribution >= 4 is 23.3 Å². The third-order valence-electron chi connectivity index (χ3n) is 2.60. The Bertz CT molecular complexity index is 673. The minimum atomic E-state index is -0.437. The molecule has 0 amide bonds. The summed E-state index contributed by atoms with van der Waals surface area (Å²) in [5.41, 5.74) is 1.60. The summed E-state index contributed by atoms with van der Waals surface area (Å²) in [7, 11) is 0. The van der Waals surface area contributed by atoms with Gasteiger partial charge >= 0.3 is 5.97 Å². The lowest BCUT2D eigenvalue weighted by atomic mass is 10.2. The van der Waals surface area contributed by atoms with Crippen molar-refractivity contribution in [1.29, 1.82) is 0 Å². The average molecular weight is 290 g/mol. The van der Waals surface area contributed by atoms with Crippen LogP contribution >= 0.6 is 11.6 Å². The first-order valence-corrected chi connectivity index (χ1v) is 6.38. The number of carbonyl (C=O) groups excluding carboxylic acids is 1. The molecular formula is C14H12ClN3O2. The van der Waals surface area contributed by atoms with Gasteiger partial charge in [0.15, 0.2) is 5.69 Å². The predicted octanol–water partition coefficient (Wildman–Crippen LogP) is 3.31. The molecule has 102 valence electrons. The second kappa shape index (κ2) is 6.22. The van der Waals surface area contributed by atoms with Crippen molar-refractivity contribution in [3.63, 3.8) is 0 Å². The zero-order valence-corrected chi connectivity index (χ0v) is 11.6. The van der Waals surface area contributed by atoms with E-state index in [9.17, 15) is 4.79 Å². The first-order chi connectivity index (χ1) is 9.63. The van der Waals surface area contributed by atoms with Crippen LogP contribution < -0.4 is 0 Å². The van der Waals surface area contributed by atoms with Gasteiger partial charge in [0.25, 0.3) is 0 Å². The maximum absolute atomic E-state index is 11.5. The smallest absolute Gasteiger partial charge is 0.358 e. The normalized spacial score (nSPS) is 10.1. The van der Waals surface area contributed by atoms with Crippen molar-refractivity contribution in [3.8, 4) is 0 Å². The van der Waals surface area contributed by atoms with Gasteiger partial charge in [0.05, 0.1) is 19.7 Å². The van der Waals surface area contributed by atoms with E-state index in [-0.39, 0.29) is 5.69 Å². The maximum atomic E-state index is 11.5. The summed E-state index contributed by atoms with van der Waals surface area (Å²) in [5.74, 6) is -0.437. The second-order valence-electron chi connectivity index (χ2n) is 4.02. The summed E-state index contributed by atoms with van der Waals surface area (Å²) in [6.45, 7) is 9.47. The predicted molar refractivity (Wildman–Crippen MR) is 75.0 cm³/mol. The van der Waals surface area contributed by atoms with Gasteiger partial charge in [-0.2, -0.15) is 5.10 Å². The molecule has 0 aliphatic heterocycles. The molecule has 0 bridgehead atoms. The van der Waals surface area contributed by atoms with Gasteiger partial charge in [0.2, 0.25) is 5.69 Å². The molecule has 0 radical (unpaired) electrons. The van der Waals surface area contributed by atoms with Crippen LogP contribution in [0.25, 0.3) is 4.85 Å². The lowest BCUT2D eigenvalue weighted by Crippen LogP contribution is -2.07. The average Bonchev–Trinajstić information content (AvgIpc) is 2.88. The molecule has 0 spiro atoms. The lowest BCUT2D eigenvalue weighted by molar-refractivity contribution is 0.0518. The summed E-state index contributed by atoms with van der Waals surface area (Å²) in [4.78, 5) is 14.8. The molecule has 5 nitrogen and oxygen atoms in total. The van der Waals surface area contributed by atoms with Crippen LogP contribution in [-0.2, 0) is 11.3 Å². The van der Waals surface area contributed by atoms with E-state index in [0.717, 1.165) is 5.56 Å². The maximum Gasteiger partial charge on any atom is 0.358 e. The van der Waals surface area contributed by atoms with Crippen LogP contribution in [0.1, 0.15) is 23.0 Å². The fourth-order valence-corrected chi connectivity index (χ4v) is 1.94. The summed E-state index contributed by atoms with van der Waals surface area (Å²) in [5, 5.41) is 4.55. The van der Waals surface area contributed by atoms with Crippen molar-refractivity contribution in [2.75, 3.05) is 6.61 Å². The molecule has 0 aliphatic rings. The Morgan fingerprint density at radius 1 is 1.50 bits per heavy atom. The molecule has 1 aromatic heterocycles. The first kappa shape index (κ1) is 14.1. The highest BCUT2D eigenvalue weighted by atomic mass is 35.5. The summed E-state index contributed by atoms with van der Waals surface area (Å²) in [6, 6.07) is 6.80. The summed E-state index contributed by atoms with van der Waals surface area (Å²) >= 11 is 5.98. The fraction of sp³-hybridized carbons (Fsp3) is 0.214. The zero-order valence-electron chi connectivity index (χ0n) is 10.8. The van der Waals surface area contributed by atoms with Gasteiger partial charge < -0.3 is 4.74 Å². The molecule has 2 aromatic rings. The number of rotatable bonds is 4. The molecule has 0 saturated carbocycles. The Balaban J connectivity index is 2.13. The fourth-order valence-electron chi connectivity index (χ4n) is 1.69. The lowest BCUT2D eigenvalue weighted by Gasteiger charge is -2.04. The van der Waals surface area contributed by atoms with Crippen molar-refractivity contribution in [3.05, 3.63) is 58.2 Å². The largest absolute Gasteiger partial charge is 0.461 e. The second-order valence-corrected chi connectivity index (χ2v) is 4.42. The Labute approximate surface area is 121 Å². The van der Waals surface area contributed by atoms with Crippen LogP contribution in [0, 0.1) is 6.57 Å². The molecule has 6 heteroatoms. The number of nitrogens with zero attached hydrogens (tertiary/aromatic N) is 3. The van der Waals surface area contributed by atoms with Gasteiger partial charge in [0.1, 0.15) is 0 Å². The molecule has 0 atom stereocenters. The molecule has 20 heavy (non-hydrogen) atoms. The number of aromatic nitrogens is 2. The number of benzene rings is 1. The van der Waals surface area contributed by atoms with Gasteiger partial charge in [-0.25, -0.2) is 9.64 Å². The number of hydrogen-bond donors (Lipinski definition) is 0. The van der Waals surface area contributed by atoms with E-state index in [0.29, 0.717) is 23.9 Å². The van der Waals surface area contributed by atoms with Gasteiger partial charge in [0, 0.05) is 11.2 Å². The molecule has 0 N–H and O–H groups in total. The van der Waals surface area contributed by atoms with Gasteiger partial charge in [-0.1, -0.05) is 23.7 Å². The highest BCUT2D eigenvalue weighted by Crippen LogP contribution is 2.25. The first-order valence-electron chi connectivity index (χ1n) is 6.00. The zero-order chi connectivity index (χ0) is 14.5. The number of ether oxygens (including phenoxy) is 1. The minimum Gasteiger partial charge on any atom is -0.461 e. The van der Waals surface area contributed by atoms with Crippen molar-refractivity contribution in [1.82, 2.24) is 9.78 Å². The van der Waals surface area contributed by atoms with Crippen LogP contribution in [0.5, 0.6) is 0 Å². The van der Waals surface area contributed by atoms with Crippen LogP contribution in [0.2, 0.25) is 5.02 Å². The van der Waals surface area contributed by atoms with Crippen LogP contribution in [0.4, 0.5) is 5.69 Å². The number of esters is 1. The van der Waals surface area contributed by atoms with Gasteiger partial charge in [-0.15, -0.1) is 0 Å². The van der Waals surface area contributed by atoms with E-state index in [1.165, 1.54) is 0 Å². The van der Waals surface area contributed by atoms with Crippen molar-refractivity contribution in [2.24, 2.45) is 0 Å². The van der Waals surface area contributed by atoms with Crippen molar-refractivity contribution < 1.29 is 9.53 Å². The van der Waals surface area contributed by atoms with Crippen molar-refractivity contribution in [2.45, 2.75) is 13.5 Å². The van der Waals surface area contributed by atoms with E-state index in [2.05, 4.69) is 9.94 Å². The van der Waals surface area contributed by atoms with Gasteiger partial charge in [-0.05, 0) is 24.6 Å². The highest BCUT2D eigenvalue weighted by Gasteiger charge is 2.10. The number of hydrogen-bond acceptors (Lipinski definition) is 3. The van der Waals surface area contributed by atoms with Crippen LogP contribution in [-0.4, -0.2) is 22.4 Å². The minimum absolute atomic E-state index is 0.274. The van der Waals surface area contributed by atoms with E-state index in [4.69, 9.17) is 22.9 Å². The monoisotopic (exact) mass is 289 g/mol. The van der Waals surface area contributed by atoms with E-state index in [1.54, 1.807) is 36.0 Å². The number of halogens is 1. The summed E-state index contributed by atoms with van der Waals surface area (Å²) in [6.07, 6.45) is 1.70. The molecule has 0 saturated heterocycles. The Morgan fingerprint density at radius 2 is 2.30 bits per heavy atom. The Hall–Kier alpha value is -2.32. The van der Waals surface area contributed by atoms with E-state index in [1.807, 2.05) is 6.07 Å². The third kappa shape index (κ3) is 3.16. The molecule has 1 aromatic carbocycles. The van der Waals surface area contributed by atoms with Gasteiger partial charge in [-0.3, -0.25) is 4.68 Å². The standard InChI is InChI=1S/C14H12ClN3O2/c1-3-20-14(19)13-6-7-18(17-13)9-10-4-5-12(16-2)11(15)8-10/h4-8H,3,9H2,1H3. The molecule has 0 fully saturated rings. The molecule has 1 heterocycles. The highest BCUT2D eigenvalue weighted by molar-refractivity contribution is 6.33. The SMILES string of the molecule is [C-]#[N+]c1ccc(Cn2ccc(C(=O)OCC)n2)cc1Cl. The quantitative estimate of drug-likeness (QED) is 0.641. The molecular weight excluding hydrogens is 278 g/mol. The molecule has 2 rings (SSSR count). The number of carbonyl (C=O) groups is 1. The summed E-state index contributed by atoms with van der Waals surface area (Å²) < 4.78 is 6.49. The van der Waals surface area contributed by atoms with Crippen LogP contribution in [0.15, 0.2) is 30.5 Å². The molecule has 0 aliphatic carbocycles. The Morgan fingerprint density at radius 3 is 2.95 bits per heavy atom. The Kier molecular flexibility index (Phi) is 4.38. The van der Waals surface area contributed by atoms with E-state index < -0.39 is 5.97 Å². The van der Waals surface area contributed by atoms with E-state index >= 15 is 0 Å².